The highest BCUT2D eigenvalue weighted by molar-refractivity contribution is 6.31. The second kappa shape index (κ2) is 5.44. The van der Waals surface area contributed by atoms with E-state index >= 15 is 0 Å². The molecule has 21 heavy (non-hydrogen) atoms. The van der Waals surface area contributed by atoms with Crippen LogP contribution in [-0.2, 0) is 12.0 Å². The molecule has 112 valence electrons. The SMILES string of the molecule is CC(C)(C)c1c(C(=O)O)nnn1Cc1cc(F)ccc1Cl. The van der Waals surface area contributed by atoms with E-state index in [2.05, 4.69) is 10.3 Å². The van der Waals surface area contributed by atoms with Crippen LogP contribution in [-0.4, -0.2) is 26.1 Å². The molecule has 0 unspecified atom stereocenters. The zero-order valence-corrected chi connectivity index (χ0v) is 12.6. The van der Waals surface area contributed by atoms with E-state index in [-0.39, 0.29) is 12.2 Å². The van der Waals surface area contributed by atoms with Crippen molar-refractivity contribution < 1.29 is 14.3 Å². The lowest BCUT2D eigenvalue weighted by Crippen LogP contribution is -2.22. The van der Waals surface area contributed by atoms with Gasteiger partial charge in [0.05, 0.1) is 12.2 Å². The van der Waals surface area contributed by atoms with Crippen LogP contribution in [0.2, 0.25) is 5.02 Å². The maximum atomic E-state index is 13.3. The Morgan fingerprint density at radius 3 is 2.67 bits per heavy atom. The first-order chi connectivity index (χ1) is 9.70. The molecule has 5 nitrogen and oxygen atoms in total. The molecule has 1 N–H and O–H groups in total. The minimum Gasteiger partial charge on any atom is -0.476 e. The minimum atomic E-state index is -1.14. The number of carbonyl (C=O) groups is 1. The lowest BCUT2D eigenvalue weighted by Gasteiger charge is -2.20. The van der Waals surface area contributed by atoms with Crippen LogP contribution in [0.15, 0.2) is 18.2 Å². The maximum Gasteiger partial charge on any atom is 0.358 e. The zero-order chi connectivity index (χ0) is 15.8. The zero-order valence-electron chi connectivity index (χ0n) is 11.9. The molecule has 0 radical (unpaired) electrons. The molecule has 0 amide bonds. The Hall–Kier alpha value is -1.95. The first-order valence-electron chi connectivity index (χ1n) is 6.31. The van der Waals surface area contributed by atoms with Crippen molar-refractivity contribution in [2.75, 3.05) is 0 Å². The predicted molar refractivity (Wildman–Crippen MR) is 76.2 cm³/mol. The van der Waals surface area contributed by atoms with Gasteiger partial charge in [-0.3, -0.25) is 0 Å². The largest absolute Gasteiger partial charge is 0.476 e. The monoisotopic (exact) mass is 311 g/mol. The van der Waals surface area contributed by atoms with Gasteiger partial charge in [0, 0.05) is 10.4 Å². The molecule has 0 saturated heterocycles. The fourth-order valence-corrected chi connectivity index (χ4v) is 2.31. The number of hydrogen-bond donors (Lipinski definition) is 1. The smallest absolute Gasteiger partial charge is 0.358 e. The number of carboxylic acids is 1. The highest BCUT2D eigenvalue weighted by Gasteiger charge is 2.29. The summed E-state index contributed by atoms with van der Waals surface area (Å²) in [5.74, 6) is -1.55. The summed E-state index contributed by atoms with van der Waals surface area (Å²) in [6, 6.07) is 4.02. The van der Waals surface area contributed by atoms with E-state index in [1.54, 1.807) is 0 Å². The lowest BCUT2D eigenvalue weighted by molar-refractivity contribution is 0.0687. The van der Waals surface area contributed by atoms with Crippen molar-refractivity contribution in [2.45, 2.75) is 32.7 Å². The normalized spacial score (nSPS) is 11.7. The van der Waals surface area contributed by atoms with Gasteiger partial charge in [-0.15, -0.1) is 5.10 Å². The van der Waals surface area contributed by atoms with E-state index in [0.717, 1.165) is 0 Å². The second-order valence-corrected chi connectivity index (χ2v) is 6.14. The maximum absolute atomic E-state index is 13.3. The van der Waals surface area contributed by atoms with Gasteiger partial charge in [-0.05, 0) is 23.8 Å². The van der Waals surface area contributed by atoms with Crippen molar-refractivity contribution in [3.05, 3.63) is 46.0 Å². The fourth-order valence-electron chi connectivity index (χ4n) is 2.14. The molecule has 0 bridgehead atoms. The van der Waals surface area contributed by atoms with Gasteiger partial charge >= 0.3 is 5.97 Å². The fraction of sp³-hybridized carbons (Fsp3) is 0.357. The lowest BCUT2D eigenvalue weighted by atomic mass is 9.90. The van der Waals surface area contributed by atoms with Crippen molar-refractivity contribution in [3.8, 4) is 0 Å². The summed E-state index contributed by atoms with van der Waals surface area (Å²) in [4.78, 5) is 11.3. The first-order valence-corrected chi connectivity index (χ1v) is 6.69. The van der Waals surface area contributed by atoms with E-state index < -0.39 is 17.2 Å². The highest BCUT2D eigenvalue weighted by atomic mass is 35.5. The Labute approximate surface area is 126 Å². The summed E-state index contributed by atoms with van der Waals surface area (Å²) >= 11 is 6.04. The van der Waals surface area contributed by atoms with Gasteiger partial charge in [0.25, 0.3) is 0 Å². The predicted octanol–water partition coefficient (Wildman–Crippen LogP) is 3.11. The van der Waals surface area contributed by atoms with Gasteiger partial charge in [0.15, 0.2) is 5.69 Å². The topological polar surface area (TPSA) is 68.0 Å². The van der Waals surface area contributed by atoms with Crippen molar-refractivity contribution in [1.82, 2.24) is 15.0 Å². The third-order valence-electron chi connectivity index (χ3n) is 2.98. The molecule has 0 aliphatic rings. The second-order valence-electron chi connectivity index (χ2n) is 5.74. The number of nitrogens with zero attached hydrogens (tertiary/aromatic N) is 3. The number of aromatic nitrogens is 3. The van der Waals surface area contributed by atoms with E-state index in [1.165, 1.54) is 22.9 Å². The summed E-state index contributed by atoms with van der Waals surface area (Å²) in [5, 5.41) is 17.2. The quantitative estimate of drug-likeness (QED) is 0.945. The molecule has 0 aliphatic carbocycles. The Kier molecular flexibility index (Phi) is 4.00. The van der Waals surface area contributed by atoms with Gasteiger partial charge in [0.2, 0.25) is 0 Å². The summed E-state index contributed by atoms with van der Waals surface area (Å²) < 4.78 is 14.8. The van der Waals surface area contributed by atoms with Crippen LogP contribution < -0.4 is 0 Å². The molecule has 0 fully saturated rings. The third kappa shape index (κ3) is 3.21. The van der Waals surface area contributed by atoms with Crippen LogP contribution in [0, 0.1) is 5.82 Å². The molecule has 0 saturated carbocycles. The van der Waals surface area contributed by atoms with Crippen LogP contribution in [0.4, 0.5) is 4.39 Å². The standard InChI is InChI=1S/C14H15ClFN3O2/c1-14(2,3)12-11(13(20)21)17-18-19(12)7-8-6-9(16)4-5-10(8)15/h4-6H,7H2,1-3H3,(H,20,21). The molecule has 0 spiro atoms. The number of halogens is 2. The summed E-state index contributed by atoms with van der Waals surface area (Å²) in [6.07, 6.45) is 0. The van der Waals surface area contributed by atoms with Crippen molar-refractivity contribution >= 4 is 17.6 Å². The van der Waals surface area contributed by atoms with Gasteiger partial charge in [0.1, 0.15) is 5.82 Å². The average molecular weight is 312 g/mol. The molecule has 1 aromatic heterocycles. The Morgan fingerprint density at radius 1 is 1.43 bits per heavy atom. The van der Waals surface area contributed by atoms with Gasteiger partial charge in [-0.1, -0.05) is 37.6 Å². The van der Waals surface area contributed by atoms with Crippen LogP contribution in [0.3, 0.4) is 0 Å². The van der Waals surface area contributed by atoms with Crippen molar-refractivity contribution in [2.24, 2.45) is 0 Å². The molecule has 7 heteroatoms. The number of rotatable bonds is 3. The van der Waals surface area contributed by atoms with E-state index in [1.807, 2.05) is 20.8 Å². The Balaban J connectivity index is 2.50. The van der Waals surface area contributed by atoms with Crippen molar-refractivity contribution in [1.29, 1.82) is 0 Å². The number of benzene rings is 1. The van der Waals surface area contributed by atoms with E-state index in [9.17, 15) is 14.3 Å². The van der Waals surface area contributed by atoms with Gasteiger partial charge < -0.3 is 5.11 Å². The minimum absolute atomic E-state index is 0.102. The number of aromatic carboxylic acids is 1. The molecular formula is C14H15ClFN3O2. The van der Waals surface area contributed by atoms with Gasteiger partial charge in [-0.2, -0.15) is 0 Å². The van der Waals surface area contributed by atoms with Crippen LogP contribution >= 0.6 is 11.6 Å². The Morgan fingerprint density at radius 2 is 2.10 bits per heavy atom. The van der Waals surface area contributed by atoms with E-state index in [4.69, 9.17) is 11.6 Å². The van der Waals surface area contributed by atoms with Gasteiger partial charge in [-0.25, -0.2) is 13.9 Å². The molecule has 0 atom stereocenters. The molecule has 0 aliphatic heterocycles. The van der Waals surface area contributed by atoms with Crippen LogP contribution in [0.5, 0.6) is 0 Å². The molecule has 2 rings (SSSR count). The third-order valence-corrected chi connectivity index (χ3v) is 3.34. The summed E-state index contributed by atoms with van der Waals surface area (Å²) in [6.45, 7) is 5.74. The average Bonchev–Trinajstić information content (AvgIpc) is 2.77. The summed E-state index contributed by atoms with van der Waals surface area (Å²) in [7, 11) is 0. The number of carboxylic acid groups (broad SMARTS) is 1. The highest BCUT2D eigenvalue weighted by Crippen LogP contribution is 2.26. The summed E-state index contributed by atoms with van der Waals surface area (Å²) in [5.41, 5.74) is 0.408. The molecular weight excluding hydrogens is 297 g/mol. The van der Waals surface area contributed by atoms with Crippen molar-refractivity contribution in [3.63, 3.8) is 0 Å². The van der Waals surface area contributed by atoms with Crippen LogP contribution in [0.1, 0.15) is 42.5 Å². The molecule has 1 aromatic carbocycles. The molecule has 1 heterocycles. The number of hydrogen-bond acceptors (Lipinski definition) is 3. The Bertz CT molecular complexity index is 692. The molecule has 2 aromatic rings. The van der Waals surface area contributed by atoms with Crippen LogP contribution in [0.25, 0.3) is 0 Å². The first kappa shape index (κ1) is 15.4. The van der Waals surface area contributed by atoms with E-state index in [0.29, 0.717) is 16.3 Å².